The highest BCUT2D eigenvalue weighted by Gasteiger charge is 2.12. The van der Waals surface area contributed by atoms with Crippen molar-refractivity contribution in [1.29, 1.82) is 0 Å². The Labute approximate surface area is 106 Å². The van der Waals surface area contributed by atoms with Crippen LogP contribution in [0.25, 0.3) is 0 Å². The molecule has 0 saturated carbocycles. The van der Waals surface area contributed by atoms with Crippen molar-refractivity contribution >= 4 is 11.5 Å². The zero-order valence-corrected chi connectivity index (χ0v) is 10.6. The fourth-order valence-electron chi connectivity index (χ4n) is 1.84. The van der Waals surface area contributed by atoms with Crippen molar-refractivity contribution in [2.45, 2.75) is 26.8 Å². The van der Waals surface area contributed by atoms with Crippen LogP contribution in [0.2, 0.25) is 0 Å². The summed E-state index contributed by atoms with van der Waals surface area (Å²) in [6, 6.07) is 5.26. The first kappa shape index (κ1) is 12.3. The molecule has 2 rings (SSSR count). The van der Waals surface area contributed by atoms with E-state index in [1.807, 2.05) is 24.6 Å². The van der Waals surface area contributed by atoms with Gasteiger partial charge in [0.25, 0.3) is 0 Å². The minimum Gasteiger partial charge on any atom is -0.397 e. The molecule has 0 aliphatic rings. The van der Waals surface area contributed by atoms with Crippen LogP contribution in [-0.4, -0.2) is 20.5 Å². The zero-order chi connectivity index (χ0) is 13.1. The normalized spacial score (nSPS) is 10.6. The predicted molar refractivity (Wildman–Crippen MR) is 69.3 cm³/mol. The quantitative estimate of drug-likeness (QED) is 0.829. The summed E-state index contributed by atoms with van der Waals surface area (Å²) in [5.74, 6) is -0.0235. The summed E-state index contributed by atoms with van der Waals surface area (Å²) in [4.78, 5) is 16.1. The van der Waals surface area contributed by atoms with Crippen LogP contribution in [0.5, 0.6) is 0 Å². The number of aromatic nitrogens is 3. The highest BCUT2D eigenvalue weighted by atomic mass is 16.1. The van der Waals surface area contributed by atoms with Crippen molar-refractivity contribution in [3.8, 4) is 0 Å². The number of aryl methyl sites for hydroxylation is 2. The topological polar surface area (TPSA) is 73.8 Å². The molecule has 0 atom stereocenters. The molecular formula is C13H16N4O. The molecular weight excluding hydrogens is 228 g/mol. The van der Waals surface area contributed by atoms with Crippen LogP contribution >= 0.6 is 0 Å². The summed E-state index contributed by atoms with van der Waals surface area (Å²) in [5.41, 5.74) is 8.37. The number of carbonyl (C=O) groups is 1. The summed E-state index contributed by atoms with van der Waals surface area (Å²) in [5, 5.41) is 4.31. The molecule has 0 bridgehead atoms. The molecule has 2 heterocycles. The fourth-order valence-corrected chi connectivity index (χ4v) is 1.84. The Balaban J connectivity index is 2.18. The second-order valence-electron chi connectivity index (χ2n) is 4.17. The molecule has 0 aliphatic carbocycles. The van der Waals surface area contributed by atoms with Gasteiger partial charge in [-0.05, 0) is 32.0 Å². The number of Topliss-reactive ketones (excluding diaryl/α,β-unsaturated/α-hetero) is 1. The standard InChI is InChI=1S/C13H16N4O/c1-3-17-11(6-9(2)16-17)7-13(18)12-5-4-10(14)8-15-12/h4-6,8H,3,7,14H2,1-2H3. The van der Waals surface area contributed by atoms with Gasteiger partial charge in [0.2, 0.25) is 0 Å². The van der Waals surface area contributed by atoms with Crippen LogP contribution in [0.15, 0.2) is 24.4 Å². The van der Waals surface area contributed by atoms with Crippen LogP contribution in [0.3, 0.4) is 0 Å². The smallest absolute Gasteiger partial charge is 0.187 e. The second kappa shape index (κ2) is 5.00. The third kappa shape index (κ3) is 2.56. The van der Waals surface area contributed by atoms with Crippen LogP contribution in [-0.2, 0) is 13.0 Å². The van der Waals surface area contributed by atoms with Crippen LogP contribution < -0.4 is 5.73 Å². The first-order chi connectivity index (χ1) is 8.60. The largest absolute Gasteiger partial charge is 0.397 e. The van der Waals surface area contributed by atoms with Gasteiger partial charge < -0.3 is 5.73 Å². The number of ketones is 1. The van der Waals surface area contributed by atoms with Crippen molar-refractivity contribution in [3.63, 3.8) is 0 Å². The van der Waals surface area contributed by atoms with E-state index in [0.29, 0.717) is 17.8 Å². The lowest BCUT2D eigenvalue weighted by atomic mass is 10.1. The number of anilines is 1. The molecule has 5 nitrogen and oxygen atoms in total. The van der Waals surface area contributed by atoms with E-state index in [1.165, 1.54) is 6.20 Å². The summed E-state index contributed by atoms with van der Waals surface area (Å²) in [7, 11) is 0. The van der Waals surface area contributed by atoms with Gasteiger partial charge in [-0.15, -0.1) is 0 Å². The van der Waals surface area contributed by atoms with Gasteiger partial charge in [-0.2, -0.15) is 5.10 Å². The van der Waals surface area contributed by atoms with E-state index in [1.54, 1.807) is 12.1 Å². The lowest BCUT2D eigenvalue weighted by Crippen LogP contribution is -2.11. The van der Waals surface area contributed by atoms with Gasteiger partial charge in [0, 0.05) is 12.2 Å². The minimum atomic E-state index is -0.0235. The molecule has 94 valence electrons. The Morgan fingerprint density at radius 1 is 1.44 bits per heavy atom. The number of nitrogens with two attached hydrogens (primary N) is 1. The van der Waals surface area contributed by atoms with E-state index >= 15 is 0 Å². The van der Waals surface area contributed by atoms with Crippen LogP contribution in [0.4, 0.5) is 5.69 Å². The average molecular weight is 244 g/mol. The van der Waals surface area contributed by atoms with Crippen molar-refractivity contribution in [2.75, 3.05) is 5.73 Å². The van der Waals surface area contributed by atoms with Gasteiger partial charge in [0.1, 0.15) is 5.69 Å². The first-order valence-electron chi connectivity index (χ1n) is 5.88. The van der Waals surface area contributed by atoms with Crippen LogP contribution in [0.1, 0.15) is 28.8 Å². The Bertz CT molecular complexity index is 557. The summed E-state index contributed by atoms with van der Waals surface area (Å²) >= 11 is 0. The molecule has 0 aliphatic heterocycles. The third-order valence-electron chi connectivity index (χ3n) is 2.70. The number of carbonyl (C=O) groups excluding carboxylic acids is 1. The molecule has 0 radical (unpaired) electrons. The molecule has 2 aromatic rings. The molecule has 0 amide bonds. The molecule has 18 heavy (non-hydrogen) atoms. The number of hydrogen-bond donors (Lipinski definition) is 1. The maximum absolute atomic E-state index is 12.1. The van der Waals surface area contributed by atoms with E-state index in [4.69, 9.17) is 5.73 Å². The summed E-state index contributed by atoms with van der Waals surface area (Å²) in [6.07, 6.45) is 1.81. The van der Waals surface area contributed by atoms with Crippen molar-refractivity contribution in [2.24, 2.45) is 0 Å². The highest BCUT2D eigenvalue weighted by molar-refractivity contribution is 5.95. The molecule has 0 unspecified atom stereocenters. The summed E-state index contributed by atoms with van der Waals surface area (Å²) < 4.78 is 1.84. The third-order valence-corrected chi connectivity index (χ3v) is 2.70. The molecule has 5 heteroatoms. The molecule has 0 saturated heterocycles. The molecule has 2 N–H and O–H groups in total. The predicted octanol–water partition coefficient (Wildman–Crippen LogP) is 1.61. The van der Waals surface area contributed by atoms with Gasteiger partial charge in [-0.1, -0.05) is 0 Å². The Hall–Kier alpha value is -2.17. The van der Waals surface area contributed by atoms with Gasteiger partial charge in [-0.25, -0.2) is 0 Å². The number of hydrogen-bond acceptors (Lipinski definition) is 4. The van der Waals surface area contributed by atoms with E-state index in [2.05, 4.69) is 10.1 Å². The monoisotopic (exact) mass is 244 g/mol. The number of nitrogens with zero attached hydrogens (tertiary/aromatic N) is 3. The van der Waals surface area contributed by atoms with E-state index in [-0.39, 0.29) is 5.78 Å². The lowest BCUT2D eigenvalue weighted by molar-refractivity contribution is 0.0986. The first-order valence-corrected chi connectivity index (χ1v) is 5.88. The highest BCUT2D eigenvalue weighted by Crippen LogP contribution is 2.09. The Morgan fingerprint density at radius 2 is 2.22 bits per heavy atom. The van der Waals surface area contributed by atoms with E-state index < -0.39 is 0 Å². The van der Waals surface area contributed by atoms with Crippen molar-refractivity contribution in [3.05, 3.63) is 41.5 Å². The molecule has 2 aromatic heterocycles. The van der Waals surface area contributed by atoms with Crippen molar-refractivity contribution in [1.82, 2.24) is 14.8 Å². The second-order valence-corrected chi connectivity index (χ2v) is 4.17. The fraction of sp³-hybridized carbons (Fsp3) is 0.308. The molecule has 0 spiro atoms. The van der Waals surface area contributed by atoms with Gasteiger partial charge in [0.15, 0.2) is 5.78 Å². The average Bonchev–Trinajstić information content (AvgIpc) is 2.70. The Morgan fingerprint density at radius 3 is 2.83 bits per heavy atom. The number of nitrogen functional groups attached to an aromatic ring is 1. The van der Waals surface area contributed by atoms with Gasteiger partial charge in [0.05, 0.1) is 24.0 Å². The SMILES string of the molecule is CCn1nc(C)cc1CC(=O)c1ccc(N)cn1. The zero-order valence-electron chi connectivity index (χ0n) is 10.6. The maximum atomic E-state index is 12.1. The number of pyridine rings is 1. The van der Waals surface area contributed by atoms with Gasteiger partial charge in [-0.3, -0.25) is 14.5 Å². The van der Waals surface area contributed by atoms with Crippen LogP contribution in [0, 0.1) is 6.92 Å². The molecule has 0 aromatic carbocycles. The lowest BCUT2D eigenvalue weighted by Gasteiger charge is -2.03. The maximum Gasteiger partial charge on any atom is 0.187 e. The van der Waals surface area contributed by atoms with E-state index in [9.17, 15) is 4.79 Å². The van der Waals surface area contributed by atoms with E-state index in [0.717, 1.165) is 17.9 Å². The minimum absolute atomic E-state index is 0.0235. The Kier molecular flexibility index (Phi) is 3.41. The van der Waals surface area contributed by atoms with Crippen molar-refractivity contribution < 1.29 is 4.79 Å². The number of rotatable bonds is 4. The molecule has 0 fully saturated rings. The summed E-state index contributed by atoms with van der Waals surface area (Å²) in [6.45, 7) is 4.68. The van der Waals surface area contributed by atoms with Gasteiger partial charge >= 0.3 is 0 Å².